The molecule has 0 spiro atoms. The first-order chi connectivity index (χ1) is 14.5. The van der Waals surface area contributed by atoms with Crippen molar-refractivity contribution in [3.63, 3.8) is 0 Å². The van der Waals surface area contributed by atoms with E-state index in [9.17, 15) is 9.90 Å². The lowest BCUT2D eigenvalue weighted by molar-refractivity contribution is -0.136. The molecule has 0 saturated carbocycles. The van der Waals surface area contributed by atoms with E-state index in [1.807, 2.05) is 0 Å². The van der Waals surface area contributed by atoms with Crippen LogP contribution >= 0.6 is 31.9 Å². The molecule has 0 aliphatic carbocycles. The summed E-state index contributed by atoms with van der Waals surface area (Å²) < 4.78 is 12.3. The van der Waals surface area contributed by atoms with Crippen LogP contribution in [0.1, 0.15) is 16.7 Å². The van der Waals surface area contributed by atoms with E-state index in [0.29, 0.717) is 22.6 Å². The van der Waals surface area contributed by atoms with Crippen molar-refractivity contribution in [3.05, 3.63) is 92.4 Å². The molecule has 1 aliphatic rings. The van der Waals surface area contributed by atoms with Gasteiger partial charge in [0.1, 0.15) is 0 Å². The first-order valence-electron chi connectivity index (χ1n) is 8.94. The van der Waals surface area contributed by atoms with Crippen molar-refractivity contribution in [2.45, 2.75) is 5.60 Å². The lowest BCUT2D eigenvalue weighted by atomic mass is 9.85. The topological polar surface area (TPSA) is 80.2 Å². The summed E-state index contributed by atoms with van der Waals surface area (Å²) in [4.78, 5) is 13.1. The van der Waals surface area contributed by atoms with E-state index in [2.05, 4.69) is 42.4 Å². The second kappa shape index (κ2) is 8.59. The van der Waals surface area contributed by atoms with Crippen molar-refractivity contribution in [1.29, 1.82) is 0 Å². The third-order valence-corrected chi connectivity index (χ3v) is 5.69. The molecule has 0 atom stereocenters. The Morgan fingerprint density at radius 2 is 1.50 bits per heavy atom. The zero-order chi connectivity index (χ0) is 21.1. The summed E-state index contributed by atoms with van der Waals surface area (Å²) in [5.74, 6) is 0.603. The van der Waals surface area contributed by atoms with Crippen LogP contribution < -0.4 is 14.9 Å². The van der Waals surface area contributed by atoms with Crippen molar-refractivity contribution in [2.75, 3.05) is 6.79 Å². The molecule has 0 aromatic heterocycles. The van der Waals surface area contributed by atoms with Gasteiger partial charge in [0.05, 0.1) is 6.21 Å². The highest BCUT2D eigenvalue weighted by molar-refractivity contribution is 9.10. The third-order valence-electron chi connectivity index (χ3n) is 4.63. The molecule has 8 heteroatoms. The molecule has 0 fully saturated rings. The van der Waals surface area contributed by atoms with Gasteiger partial charge in [-0.2, -0.15) is 5.10 Å². The number of hydrogen-bond donors (Lipinski definition) is 2. The zero-order valence-corrected chi connectivity index (χ0v) is 18.7. The Labute approximate surface area is 189 Å². The van der Waals surface area contributed by atoms with Crippen LogP contribution in [0.4, 0.5) is 0 Å². The van der Waals surface area contributed by atoms with Gasteiger partial charge in [0, 0.05) is 8.95 Å². The molecule has 4 rings (SSSR count). The highest BCUT2D eigenvalue weighted by Gasteiger charge is 2.40. The van der Waals surface area contributed by atoms with Gasteiger partial charge in [0.25, 0.3) is 5.91 Å². The molecule has 2 N–H and O–H groups in total. The summed E-state index contributed by atoms with van der Waals surface area (Å²) in [6.07, 6.45) is 1.48. The fourth-order valence-electron chi connectivity index (χ4n) is 3.05. The molecule has 0 radical (unpaired) electrons. The van der Waals surface area contributed by atoms with Gasteiger partial charge in [-0.05, 0) is 59.2 Å². The minimum absolute atomic E-state index is 0.181. The van der Waals surface area contributed by atoms with Crippen molar-refractivity contribution >= 4 is 44.0 Å². The number of rotatable bonds is 5. The van der Waals surface area contributed by atoms with Crippen molar-refractivity contribution < 1.29 is 19.4 Å². The van der Waals surface area contributed by atoms with E-state index in [1.54, 1.807) is 66.7 Å². The number of fused-ring (bicyclic) bond motifs is 1. The molecule has 152 valence electrons. The van der Waals surface area contributed by atoms with Crippen LogP contribution in [0.15, 0.2) is 80.8 Å². The quantitative estimate of drug-likeness (QED) is 0.379. The van der Waals surface area contributed by atoms with Crippen LogP contribution in [0, 0.1) is 0 Å². The van der Waals surface area contributed by atoms with Crippen LogP contribution in [0.2, 0.25) is 0 Å². The van der Waals surface area contributed by atoms with Crippen LogP contribution in [-0.2, 0) is 10.4 Å². The first-order valence-corrected chi connectivity index (χ1v) is 10.5. The van der Waals surface area contributed by atoms with Gasteiger partial charge >= 0.3 is 0 Å². The number of halogens is 2. The summed E-state index contributed by atoms with van der Waals surface area (Å²) in [6.45, 7) is 0.181. The lowest BCUT2D eigenvalue weighted by Gasteiger charge is -2.27. The second-order valence-electron chi connectivity index (χ2n) is 6.54. The number of benzene rings is 3. The average Bonchev–Trinajstić information content (AvgIpc) is 3.22. The maximum Gasteiger partial charge on any atom is 0.281 e. The summed E-state index contributed by atoms with van der Waals surface area (Å²) >= 11 is 6.75. The van der Waals surface area contributed by atoms with E-state index in [-0.39, 0.29) is 6.79 Å². The SMILES string of the molecule is O=C(N/N=C/c1ccc2c(c1)OCO2)C(O)(c1ccc(Br)cc1)c1ccc(Br)cc1. The molecule has 0 bridgehead atoms. The highest BCUT2D eigenvalue weighted by Crippen LogP contribution is 2.33. The number of aliphatic hydroxyl groups is 1. The van der Waals surface area contributed by atoms with Crippen molar-refractivity contribution in [2.24, 2.45) is 5.10 Å². The summed E-state index contributed by atoms with van der Waals surface area (Å²) in [5, 5.41) is 15.5. The average molecular weight is 532 g/mol. The molecular formula is C22H16Br2N2O4. The minimum atomic E-state index is -1.92. The number of hydrazone groups is 1. The Bertz CT molecular complexity index is 1050. The third kappa shape index (κ3) is 4.12. The van der Waals surface area contributed by atoms with Crippen LogP contribution in [0.25, 0.3) is 0 Å². The molecular weight excluding hydrogens is 516 g/mol. The van der Waals surface area contributed by atoms with Crippen LogP contribution in [0.5, 0.6) is 11.5 Å². The molecule has 3 aromatic carbocycles. The lowest BCUT2D eigenvalue weighted by Crippen LogP contribution is -2.43. The Hall–Kier alpha value is -2.68. The Morgan fingerprint density at radius 3 is 2.10 bits per heavy atom. The second-order valence-corrected chi connectivity index (χ2v) is 8.37. The molecule has 0 unspecified atom stereocenters. The van der Waals surface area contributed by atoms with Gasteiger partial charge in [0.15, 0.2) is 17.1 Å². The molecule has 1 heterocycles. The number of ether oxygens (including phenoxy) is 2. The number of carbonyl (C=O) groups is 1. The van der Waals surface area contributed by atoms with Crippen LogP contribution in [-0.4, -0.2) is 24.0 Å². The Morgan fingerprint density at radius 1 is 0.933 bits per heavy atom. The Balaban J connectivity index is 1.61. The zero-order valence-electron chi connectivity index (χ0n) is 15.5. The predicted octanol–water partition coefficient (Wildman–Crippen LogP) is 4.33. The Kier molecular flexibility index (Phi) is 5.90. The molecule has 1 amide bonds. The smallest absolute Gasteiger partial charge is 0.281 e. The van der Waals surface area contributed by atoms with Crippen LogP contribution in [0.3, 0.4) is 0 Å². The van der Waals surface area contributed by atoms with Gasteiger partial charge < -0.3 is 14.6 Å². The van der Waals surface area contributed by atoms with Gasteiger partial charge in [-0.15, -0.1) is 0 Å². The van der Waals surface area contributed by atoms with Crippen molar-refractivity contribution in [1.82, 2.24) is 5.43 Å². The molecule has 0 saturated heterocycles. The summed E-state index contributed by atoms with van der Waals surface area (Å²) in [5.41, 5.74) is 2.09. The van der Waals surface area contributed by atoms with E-state index in [4.69, 9.17) is 9.47 Å². The van der Waals surface area contributed by atoms with E-state index in [1.165, 1.54) is 6.21 Å². The summed E-state index contributed by atoms with van der Waals surface area (Å²) in [7, 11) is 0. The molecule has 3 aromatic rings. The molecule has 1 aliphatic heterocycles. The molecule has 6 nitrogen and oxygen atoms in total. The number of nitrogens with zero attached hydrogens (tertiary/aromatic N) is 1. The maximum absolute atomic E-state index is 13.1. The standard InChI is InChI=1S/C22H16Br2N2O4/c23-17-6-2-15(3-7-17)22(28,16-4-8-18(24)9-5-16)21(27)26-25-12-14-1-10-19-20(11-14)30-13-29-19/h1-12,28H,13H2,(H,26,27)/b25-12+. The first kappa shape index (κ1) is 20.6. The summed E-state index contributed by atoms with van der Waals surface area (Å²) in [6, 6.07) is 19.1. The van der Waals surface area contributed by atoms with E-state index < -0.39 is 11.5 Å². The van der Waals surface area contributed by atoms with Gasteiger partial charge in [-0.25, -0.2) is 5.43 Å². The maximum atomic E-state index is 13.1. The fraction of sp³-hybridized carbons (Fsp3) is 0.0909. The van der Waals surface area contributed by atoms with E-state index in [0.717, 1.165) is 14.5 Å². The predicted molar refractivity (Wildman–Crippen MR) is 120 cm³/mol. The highest BCUT2D eigenvalue weighted by atomic mass is 79.9. The monoisotopic (exact) mass is 530 g/mol. The van der Waals surface area contributed by atoms with Gasteiger partial charge in [-0.3, -0.25) is 4.79 Å². The number of hydrogen-bond acceptors (Lipinski definition) is 5. The number of nitrogens with one attached hydrogen (secondary N) is 1. The van der Waals surface area contributed by atoms with Crippen molar-refractivity contribution in [3.8, 4) is 11.5 Å². The van der Waals surface area contributed by atoms with E-state index >= 15 is 0 Å². The molecule has 30 heavy (non-hydrogen) atoms. The normalized spacial score (nSPS) is 12.9. The fourth-order valence-corrected chi connectivity index (χ4v) is 3.58. The van der Waals surface area contributed by atoms with Gasteiger partial charge in [0.2, 0.25) is 6.79 Å². The largest absolute Gasteiger partial charge is 0.454 e. The van der Waals surface area contributed by atoms with Gasteiger partial charge in [-0.1, -0.05) is 56.1 Å². The minimum Gasteiger partial charge on any atom is -0.454 e. The number of carbonyl (C=O) groups excluding carboxylic acids is 1. The number of amides is 1.